The van der Waals surface area contributed by atoms with Crippen molar-refractivity contribution in [1.82, 2.24) is 5.32 Å². The molecule has 0 radical (unpaired) electrons. The van der Waals surface area contributed by atoms with Crippen molar-refractivity contribution in [2.24, 2.45) is 22.2 Å². The third kappa shape index (κ3) is 7.66. The quantitative estimate of drug-likeness (QED) is 0.0549. The molecule has 0 aromatic carbocycles. The Morgan fingerprint density at radius 3 is 2.38 bits per heavy atom. The summed E-state index contributed by atoms with van der Waals surface area (Å²) < 4.78 is 40.4. The van der Waals surface area contributed by atoms with E-state index in [1.807, 2.05) is 13.2 Å². The molecule has 4 heterocycles. The Morgan fingerprint density at radius 2 is 1.75 bits per heavy atom. The van der Waals surface area contributed by atoms with Gasteiger partial charge < -0.3 is 52.8 Å². The van der Waals surface area contributed by atoms with Gasteiger partial charge in [0.2, 0.25) is 0 Å². The molecule has 4 aliphatic rings. The van der Waals surface area contributed by atoms with Gasteiger partial charge in [-0.15, -0.1) is 0 Å². The van der Waals surface area contributed by atoms with Crippen molar-refractivity contribution in [2.45, 2.75) is 109 Å². The van der Waals surface area contributed by atoms with Gasteiger partial charge >= 0.3 is 17.9 Å². The van der Waals surface area contributed by atoms with Crippen LogP contribution in [0, 0.1) is 22.2 Å². The van der Waals surface area contributed by atoms with E-state index >= 15 is 4.79 Å². The second-order valence-electron chi connectivity index (χ2n) is 17.1. The van der Waals surface area contributed by atoms with E-state index in [0.29, 0.717) is 12.2 Å². The summed E-state index contributed by atoms with van der Waals surface area (Å²) in [4.78, 5) is 70.7. The summed E-state index contributed by atoms with van der Waals surface area (Å²) >= 11 is 0. The monoisotopic (exact) mass is 885 g/mol. The van der Waals surface area contributed by atoms with Crippen LogP contribution in [0.25, 0.3) is 0 Å². The first kappa shape index (κ1) is 44.7. The fourth-order valence-corrected chi connectivity index (χ4v) is 11.2. The molecule has 11 atom stereocenters. The van der Waals surface area contributed by atoms with Crippen molar-refractivity contribution in [3.05, 3.63) is 83.6 Å². The Bertz CT molecular complexity index is 2130. The number of carbonyl (C=O) groups is 5. The zero-order valence-electron chi connectivity index (χ0n) is 34.6. The van der Waals surface area contributed by atoms with Crippen LogP contribution in [-0.4, -0.2) is 106 Å². The molecule has 0 unspecified atom stereocenters. The lowest BCUT2D eigenvalue weighted by atomic mass is 9.42. The van der Waals surface area contributed by atoms with E-state index < -0.39 is 106 Å². The number of ether oxygens (including phenoxy) is 4. The molecule has 3 aliphatic carbocycles. The van der Waals surface area contributed by atoms with Gasteiger partial charge in [-0.25, -0.2) is 9.59 Å². The number of amides is 1. The van der Waals surface area contributed by atoms with E-state index in [1.54, 1.807) is 49.3 Å². The van der Waals surface area contributed by atoms with E-state index in [1.165, 1.54) is 55.4 Å². The van der Waals surface area contributed by atoms with E-state index in [4.69, 9.17) is 32.2 Å². The summed E-state index contributed by atoms with van der Waals surface area (Å²) in [5.41, 5.74) is -6.27. The number of ketones is 1. The number of furan rings is 3. The van der Waals surface area contributed by atoms with E-state index in [2.05, 4.69) is 5.32 Å². The molecule has 1 saturated heterocycles. The molecular weight excluding hydrogens is 835 g/mol. The summed E-state index contributed by atoms with van der Waals surface area (Å²) in [5, 5.41) is 39.9. The van der Waals surface area contributed by atoms with E-state index in [0.717, 1.165) is 0 Å². The largest absolute Gasteiger partial charge is 0.472 e. The topological polar surface area (TPSA) is 234 Å². The molecule has 3 fully saturated rings. The molecule has 18 heteroatoms. The number of hydrogen-bond donors (Lipinski definition) is 4. The van der Waals surface area contributed by atoms with Crippen LogP contribution in [0.3, 0.4) is 0 Å². The van der Waals surface area contributed by atoms with E-state index in [-0.39, 0.29) is 47.7 Å². The Balaban J connectivity index is 1.35. The van der Waals surface area contributed by atoms with Crippen molar-refractivity contribution in [2.75, 3.05) is 18.6 Å². The van der Waals surface area contributed by atoms with Crippen LogP contribution >= 0.6 is 21.6 Å². The van der Waals surface area contributed by atoms with E-state index in [9.17, 15) is 34.5 Å². The number of hydrogen-bond acceptors (Lipinski definition) is 17. The lowest BCUT2D eigenvalue weighted by Gasteiger charge is -2.68. The van der Waals surface area contributed by atoms with Crippen molar-refractivity contribution in [1.29, 1.82) is 0 Å². The molecule has 3 aromatic rings. The lowest BCUT2D eigenvalue weighted by molar-refractivity contribution is -0.313. The van der Waals surface area contributed by atoms with Gasteiger partial charge in [0.05, 0.1) is 48.6 Å². The minimum absolute atomic E-state index is 0.00776. The van der Waals surface area contributed by atoms with Gasteiger partial charge in [-0.1, -0.05) is 42.4 Å². The minimum Gasteiger partial charge on any atom is -0.472 e. The van der Waals surface area contributed by atoms with Crippen molar-refractivity contribution >= 4 is 51.2 Å². The Hall–Kier alpha value is -4.33. The molecule has 16 nitrogen and oxygen atoms in total. The molecule has 2 bridgehead atoms. The second kappa shape index (κ2) is 17.1. The lowest BCUT2D eigenvalue weighted by Crippen LogP contribution is -2.78. The number of esters is 3. The average Bonchev–Trinajstić information content (AvgIpc) is 4.05. The van der Waals surface area contributed by atoms with Crippen LogP contribution in [0.2, 0.25) is 0 Å². The highest BCUT2D eigenvalue weighted by atomic mass is 33.1. The van der Waals surface area contributed by atoms with Gasteiger partial charge in [0.15, 0.2) is 23.8 Å². The molecule has 330 valence electrons. The van der Waals surface area contributed by atoms with Crippen LogP contribution in [0.4, 0.5) is 0 Å². The van der Waals surface area contributed by atoms with Crippen molar-refractivity contribution in [3.8, 4) is 0 Å². The standard InChI is InChI=1S/C43H51NO15S2/c1-22-26(57-39(51)32(47)31(24-10-7-14-54-24)44-37(49)25-11-8-15-55-25)19-43(52)36(59-38(50)23-13-16-53-20-23)34-41(4)21-56-28(41)18-27(45)42(34,5)35(48)33(30(22)40(43,2)3)58-29(46)12-9-17-61-60-6/h7-8,10-11,13-16,20,26-28,31-34,36,45,47,52H,9,12,17-19,21H2,1-6H3,(H,44,49)/t26-,27-,28+,31-,32+,33+,34+,36-,41+,42+,43+/m0/s1. The highest BCUT2D eigenvalue weighted by Crippen LogP contribution is 2.66. The fraction of sp³-hybridized carbons (Fsp3) is 0.558. The van der Waals surface area contributed by atoms with Crippen molar-refractivity contribution < 1.29 is 71.5 Å². The van der Waals surface area contributed by atoms with Crippen LogP contribution in [0.1, 0.15) is 93.0 Å². The zero-order chi connectivity index (χ0) is 44.1. The van der Waals surface area contributed by atoms with Crippen molar-refractivity contribution in [3.63, 3.8) is 0 Å². The predicted octanol–water partition coefficient (Wildman–Crippen LogP) is 4.99. The van der Waals surface area contributed by atoms with Gasteiger partial charge in [0, 0.05) is 41.8 Å². The number of fused-ring (bicyclic) bond motifs is 5. The highest BCUT2D eigenvalue weighted by molar-refractivity contribution is 8.76. The molecule has 0 spiro atoms. The first-order valence-electron chi connectivity index (χ1n) is 20.0. The Kier molecular flexibility index (Phi) is 12.5. The van der Waals surface area contributed by atoms with Crippen LogP contribution < -0.4 is 5.32 Å². The first-order chi connectivity index (χ1) is 28.9. The Morgan fingerprint density at radius 1 is 1.02 bits per heavy atom. The molecule has 4 N–H and O–H groups in total. The summed E-state index contributed by atoms with van der Waals surface area (Å²) in [5.74, 6) is -4.93. The summed E-state index contributed by atoms with van der Waals surface area (Å²) in [6.45, 7) is 8.31. The molecular formula is C43H51NO15S2. The number of carbonyl (C=O) groups excluding carboxylic acids is 5. The smallest absolute Gasteiger partial charge is 0.341 e. The molecule has 3 aromatic heterocycles. The summed E-state index contributed by atoms with van der Waals surface area (Å²) in [7, 11) is 3.10. The highest BCUT2D eigenvalue weighted by Gasteiger charge is 2.75. The summed E-state index contributed by atoms with van der Waals surface area (Å²) in [6.07, 6.45) is -1.91. The maximum Gasteiger partial charge on any atom is 0.341 e. The molecule has 61 heavy (non-hydrogen) atoms. The van der Waals surface area contributed by atoms with Crippen LogP contribution in [-0.2, 0) is 33.3 Å². The molecule has 2 saturated carbocycles. The summed E-state index contributed by atoms with van der Waals surface area (Å²) in [6, 6.07) is 5.72. The molecule has 7 rings (SSSR count). The number of rotatable bonds is 14. The number of aliphatic hydroxyl groups is 3. The fourth-order valence-electron chi connectivity index (χ4n) is 9.96. The maximum absolute atomic E-state index is 15.6. The third-order valence-corrected chi connectivity index (χ3v) is 15.3. The second-order valence-corrected chi connectivity index (χ2v) is 19.8. The average molecular weight is 886 g/mol. The first-order valence-corrected chi connectivity index (χ1v) is 22.7. The number of Topliss-reactive ketones (excluding diaryl/α,β-unsaturated/α-hetero) is 1. The SMILES string of the molecule is CSSCCCC(=O)O[C@H]1C(=O)[C@@]2(C)[C@H]([C@H](OC(=O)c3ccoc3)[C@]3(O)C[C@H](OC(=O)[C@H](O)[C@@H](NC(=O)c4ccco4)c4ccco4)C(C)=C1C3(C)C)[C@]1(C)CO[C@@H]1C[C@@H]2O. The molecule has 1 aliphatic heterocycles. The third-order valence-electron chi connectivity index (χ3n) is 13.4. The zero-order valence-corrected chi connectivity index (χ0v) is 36.2. The number of aliphatic hydroxyl groups excluding tert-OH is 2. The van der Waals surface area contributed by atoms with Gasteiger partial charge in [0.25, 0.3) is 5.91 Å². The normalized spacial score (nSPS) is 32.5. The minimum atomic E-state index is -2.24. The number of nitrogens with one attached hydrogen (secondary N) is 1. The van der Waals surface area contributed by atoms with Gasteiger partial charge in [0.1, 0.15) is 35.9 Å². The Labute approximate surface area is 359 Å². The van der Waals surface area contributed by atoms with Crippen LogP contribution in [0.5, 0.6) is 0 Å². The maximum atomic E-state index is 15.6. The predicted molar refractivity (Wildman–Crippen MR) is 218 cm³/mol. The van der Waals surface area contributed by atoms with Gasteiger partial charge in [-0.05, 0) is 68.0 Å². The van der Waals surface area contributed by atoms with Crippen LogP contribution in [0.15, 0.2) is 79.8 Å². The van der Waals surface area contributed by atoms with Gasteiger partial charge in [-0.3, -0.25) is 14.4 Å². The molecule has 1 amide bonds. The van der Waals surface area contributed by atoms with Gasteiger partial charge in [-0.2, -0.15) is 0 Å².